The van der Waals surface area contributed by atoms with Crippen molar-refractivity contribution in [3.8, 4) is 0 Å². The maximum Gasteiger partial charge on any atom is 0.317 e. The lowest BCUT2D eigenvalue weighted by Crippen LogP contribution is -2.48. The fourth-order valence-electron chi connectivity index (χ4n) is 2.74. The van der Waals surface area contributed by atoms with Gasteiger partial charge in [0.25, 0.3) is 5.92 Å². The van der Waals surface area contributed by atoms with E-state index in [4.69, 9.17) is 5.11 Å². The van der Waals surface area contributed by atoms with E-state index in [0.29, 0.717) is 6.42 Å². The first-order chi connectivity index (χ1) is 6.92. The molecule has 5 heteroatoms. The molecule has 1 aliphatic heterocycles. The van der Waals surface area contributed by atoms with Crippen molar-refractivity contribution in [3.05, 3.63) is 0 Å². The van der Waals surface area contributed by atoms with Crippen molar-refractivity contribution in [2.24, 2.45) is 5.41 Å². The van der Waals surface area contributed by atoms with Crippen molar-refractivity contribution >= 4 is 5.97 Å². The minimum absolute atomic E-state index is 0.496. The molecule has 1 saturated carbocycles. The van der Waals surface area contributed by atoms with Gasteiger partial charge in [-0.05, 0) is 26.4 Å². The zero-order valence-corrected chi connectivity index (χ0v) is 8.67. The summed E-state index contributed by atoms with van der Waals surface area (Å²) < 4.78 is 26.5. The van der Waals surface area contributed by atoms with Crippen LogP contribution in [0.5, 0.6) is 0 Å². The lowest BCUT2D eigenvalue weighted by atomic mass is 9.87. The lowest BCUT2D eigenvalue weighted by Gasteiger charge is -2.36. The van der Waals surface area contributed by atoms with Gasteiger partial charge in [-0.3, -0.25) is 4.79 Å². The van der Waals surface area contributed by atoms with Gasteiger partial charge in [-0.25, -0.2) is 8.78 Å². The van der Waals surface area contributed by atoms with Crippen LogP contribution in [0.25, 0.3) is 0 Å². The minimum Gasteiger partial charge on any atom is -0.481 e. The van der Waals surface area contributed by atoms with Gasteiger partial charge in [0.05, 0.1) is 0 Å². The highest BCUT2D eigenvalue weighted by atomic mass is 19.3. The van der Waals surface area contributed by atoms with Crippen LogP contribution in [0.15, 0.2) is 0 Å². The molecule has 2 rings (SSSR count). The third-order valence-electron chi connectivity index (χ3n) is 3.75. The van der Waals surface area contributed by atoms with Gasteiger partial charge >= 0.3 is 5.97 Å². The summed E-state index contributed by atoms with van der Waals surface area (Å²) in [6.45, 7) is 0.718. The molecule has 2 unspecified atom stereocenters. The fourth-order valence-corrected chi connectivity index (χ4v) is 2.74. The highest BCUT2D eigenvalue weighted by molar-refractivity contribution is 5.81. The molecule has 2 aliphatic rings. The Morgan fingerprint density at radius 1 is 1.47 bits per heavy atom. The van der Waals surface area contributed by atoms with Crippen molar-refractivity contribution in [1.29, 1.82) is 0 Å². The first-order valence-corrected chi connectivity index (χ1v) is 5.23. The molecule has 2 atom stereocenters. The van der Waals surface area contributed by atoms with E-state index in [1.807, 2.05) is 0 Å². The van der Waals surface area contributed by atoms with Gasteiger partial charge in [-0.1, -0.05) is 6.42 Å². The molecule has 1 heterocycles. The Morgan fingerprint density at radius 3 is 2.47 bits per heavy atom. The Kier molecular flexibility index (Phi) is 2.26. The van der Waals surface area contributed by atoms with Crippen molar-refractivity contribution in [2.75, 3.05) is 13.6 Å². The molecule has 1 N–H and O–H groups in total. The molecule has 86 valence electrons. The van der Waals surface area contributed by atoms with Crippen LogP contribution in [-0.4, -0.2) is 41.5 Å². The molecule has 2 fully saturated rings. The molecule has 3 nitrogen and oxygen atoms in total. The van der Waals surface area contributed by atoms with Crippen molar-refractivity contribution < 1.29 is 18.7 Å². The lowest BCUT2D eigenvalue weighted by molar-refractivity contribution is -0.152. The molecule has 1 aliphatic carbocycles. The monoisotopic (exact) mass is 219 g/mol. The van der Waals surface area contributed by atoms with Crippen LogP contribution in [-0.2, 0) is 4.79 Å². The van der Waals surface area contributed by atoms with Crippen LogP contribution in [0.1, 0.15) is 25.7 Å². The Bertz CT molecular complexity index is 295. The topological polar surface area (TPSA) is 40.5 Å². The number of alkyl halides is 2. The zero-order valence-electron chi connectivity index (χ0n) is 8.67. The smallest absolute Gasteiger partial charge is 0.317 e. The van der Waals surface area contributed by atoms with E-state index in [1.165, 1.54) is 0 Å². The van der Waals surface area contributed by atoms with Crippen molar-refractivity contribution in [2.45, 2.75) is 37.6 Å². The van der Waals surface area contributed by atoms with Gasteiger partial charge in [0.2, 0.25) is 0 Å². The van der Waals surface area contributed by atoms with Crippen LogP contribution in [0, 0.1) is 5.41 Å². The van der Waals surface area contributed by atoms with E-state index in [0.717, 1.165) is 19.4 Å². The van der Waals surface area contributed by atoms with E-state index in [-0.39, 0.29) is 0 Å². The largest absolute Gasteiger partial charge is 0.481 e. The van der Waals surface area contributed by atoms with Crippen LogP contribution in [0.3, 0.4) is 0 Å². The molecule has 0 spiro atoms. The number of hydrogen-bond donors (Lipinski definition) is 1. The van der Waals surface area contributed by atoms with Crippen LogP contribution < -0.4 is 0 Å². The molecular weight excluding hydrogens is 204 g/mol. The number of piperidine rings is 1. The number of halogens is 2. The normalized spacial score (nSPS) is 40.1. The van der Waals surface area contributed by atoms with Crippen molar-refractivity contribution in [1.82, 2.24) is 4.90 Å². The summed E-state index contributed by atoms with van der Waals surface area (Å²) in [5, 5.41) is 9.00. The highest BCUT2D eigenvalue weighted by Crippen LogP contribution is 2.64. The summed E-state index contributed by atoms with van der Waals surface area (Å²) in [4.78, 5) is 12.8. The minimum atomic E-state index is -3.02. The molecule has 0 radical (unpaired) electrons. The third-order valence-corrected chi connectivity index (χ3v) is 3.75. The predicted molar refractivity (Wildman–Crippen MR) is 49.9 cm³/mol. The summed E-state index contributed by atoms with van der Waals surface area (Å²) in [5.41, 5.74) is -1.80. The van der Waals surface area contributed by atoms with Gasteiger partial charge in [-0.15, -0.1) is 0 Å². The quantitative estimate of drug-likeness (QED) is 0.766. The number of carboxylic acids is 1. The summed E-state index contributed by atoms with van der Waals surface area (Å²) in [6, 6.07) is -0.501. The fraction of sp³-hybridized carbons (Fsp3) is 0.900. The van der Waals surface area contributed by atoms with Crippen LogP contribution in [0.2, 0.25) is 0 Å². The van der Waals surface area contributed by atoms with Gasteiger partial charge in [0.15, 0.2) is 5.41 Å². The molecule has 0 bridgehead atoms. The Balaban J connectivity index is 2.23. The second kappa shape index (κ2) is 3.14. The Labute approximate surface area is 87.1 Å². The van der Waals surface area contributed by atoms with Gasteiger partial charge in [0, 0.05) is 12.5 Å². The molecule has 0 amide bonds. The van der Waals surface area contributed by atoms with E-state index in [2.05, 4.69) is 0 Å². The second-order valence-corrected chi connectivity index (χ2v) is 4.65. The second-order valence-electron chi connectivity index (χ2n) is 4.65. The van der Waals surface area contributed by atoms with E-state index < -0.39 is 29.8 Å². The zero-order chi connectivity index (χ0) is 11.3. The molecular formula is C10H15F2NO2. The van der Waals surface area contributed by atoms with Gasteiger partial charge < -0.3 is 10.0 Å². The number of carboxylic acid groups (broad SMARTS) is 1. The number of carbonyl (C=O) groups is 1. The standard InChI is InChI=1S/C10H15F2NO2/c1-13-5-3-2-4-7(13)9(8(14)15)6-10(9,11)12/h7H,2-6H2,1H3,(H,14,15). The first-order valence-electron chi connectivity index (χ1n) is 5.23. The summed E-state index contributed by atoms with van der Waals surface area (Å²) >= 11 is 0. The molecule has 15 heavy (non-hydrogen) atoms. The number of rotatable bonds is 2. The van der Waals surface area contributed by atoms with E-state index in [1.54, 1.807) is 11.9 Å². The third kappa shape index (κ3) is 1.36. The molecule has 0 aromatic carbocycles. The summed E-state index contributed by atoms with van der Waals surface area (Å²) in [7, 11) is 1.74. The van der Waals surface area contributed by atoms with Gasteiger partial charge in [0.1, 0.15) is 0 Å². The average Bonchev–Trinajstić information content (AvgIpc) is 2.71. The Morgan fingerprint density at radius 2 is 2.07 bits per heavy atom. The number of hydrogen-bond acceptors (Lipinski definition) is 2. The maximum absolute atomic E-state index is 13.3. The van der Waals surface area contributed by atoms with Gasteiger partial charge in [-0.2, -0.15) is 0 Å². The van der Waals surface area contributed by atoms with Crippen LogP contribution >= 0.6 is 0 Å². The number of likely N-dealkylation sites (tertiary alicyclic amines) is 1. The van der Waals surface area contributed by atoms with E-state index in [9.17, 15) is 13.6 Å². The maximum atomic E-state index is 13.3. The molecule has 1 saturated heterocycles. The molecule has 0 aromatic rings. The molecule has 0 aromatic heterocycles. The Hall–Kier alpha value is -0.710. The average molecular weight is 219 g/mol. The number of nitrogens with zero attached hydrogens (tertiary/aromatic N) is 1. The highest BCUT2D eigenvalue weighted by Gasteiger charge is 2.79. The van der Waals surface area contributed by atoms with E-state index >= 15 is 0 Å². The SMILES string of the molecule is CN1CCCCC1C1(C(=O)O)CC1(F)F. The first kappa shape index (κ1) is 10.8. The summed E-state index contributed by atoms with van der Waals surface area (Å²) in [6.07, 6.45) is 1.89. The van der Waals surface area contributed by atoms with Crippen molar-refractivity contribution in [3.63, 3.8) is 0 Å². The van der Waals surface area contributed by atoms with Crippen LogP contribution in [0.4, 0.5) is 8.78 Å². The predicted octanol–water partition coefficient (Wildman–Crippen LogP) is 1.58. The number of aliphatic carboxylic acids is 1. The summed E-state index contributed by atoms with van der Waals surface area (Å²) in [5.74, 6) is -4.36.